The molecule has 0 aromatic carbocycles. The molecule has 10 heteroatoms. The number of nitrogens with zero attached hydrogens (tertiary/aromatic N) is 2. The van der Waals surface area contributed by atoms with Gasteiger partial charge >= 0.3 is 5.97 Å². The van der Waals surface area contributed by atoms with Crippen molar-refractivity contribution in [2.75, 3.05) is 7.11 Å². The highest BCUT2D eigenvalue weighted by Gasteiger charge is 2.35. The Balaban J connectivity index is 2.16. The molecule has 1 aliphatic carbocycles. The summed E-state index contributed by atoms with van der Waals surface area (Å²) in [7, 11) is 1.22. The van der Waals surface area contributed by atoms with Crippen LogP contribution in [-0.4, -0.2) is 69.4 Å². The summed E-state index contributed by atoms with van der Waals surface area (Å²) in [4.78, 5) is 44.3. The molecule has 1 aromatic heterocycles. The minimum absolute atomic E-state index is 0.0275. The maximum absolute atomic E-state index is 12.6. The van der Waals surface area contributed by atoms with Crippen molar-refractivity contribution in [1.82, 2.24) is 20.6 Å². The number of esters is 1. The molecule has 0 aliphatic heterocycles. The molecule has 2 amide bonds. The molecule has 152 valence electrons. The SMILES string of the molecule is COC(=O)C(NC(=O)C1=CC(NC(=O)c2cnccn2)C(O)C(O)C1)C(C)C. The van der Waals surface area contributed by atoms with Gasteiger partial charge in [-0.2, -0.15) is 0 Å². The second kappa shape index (κ2) is 9.38. The summed E-state index contributed by atoms with van der Waals surface area (Å²) >= 11 is 0. The van der Waals surface area contributed by atoms with Crippen molar-refractivity contribution < 1.29 is 29.3 Å². The van der Waals surface area contributed by atoms with E-state index < -0.39 is 42.1 Å². The summed E-state index contributed by atoms with van der Waals surface area (Å²) in [6.07, 6.45) is 2.65. The van der Waals surface area contributed by atoms with E-state index in [1.165, 1.54) is 31.8 Å². The zero-order valence-corrected chi connectivity index (χ0v) is 15.8. The summed E-state index contributed by atoms with van der Waals surface area (Å²) in [5, 5.41) is 25.4. The second-order valence-corrected chi connectivity index (χ2v) is 6.76. The summed E-state index contributed by atoms with van der Waals surface area (Å²) in [5.41, 5.74) is 0.163. The number of aliphatic hydroxyl groups is 2. The van der Waals surface area contributed by atoms with E-state index in [2.05, 4.69) is 20.6 Å². The fraction of sp³-hybridized carbons (Fsp3) is 0.500. The number of carbonyl (C=O) groups excluding carboxylic acids is 3. The number of hydrogen-bond acceptors (Lipinski definition) is 8. The van der Waals surface area contributed by atoms with Crippen molar-refractivity contribution in [3.05, 3.63) is 35.9 Å². The molecule has 0 spiro atoms. The Bertz CT molecular complexity index is 752. The lowest BCUT2D eigenvalue weighted by Gasteiger charge is -2.31. The smallest absolute Gasteiger partial charge is 0.328 e. The van der Waals surface area contributed by atoms with Gasteiger partial charge in [-0.25, -0.2) is 9.78 Å². The molecule has 28 heavy (non-hydrogen) atoms. The molecule has 10 nitrogen and oxygen atoms in total. The predicted molar refractivity (Wildman–Crippen MR) is 96.8 cm³/mol. The Labute approximate surface area is 162 Å². The quantitative estimate of drug-likeness (QED) is 0.447. The van der Waals surface area contributed by atoms with Crippen LogP contribution >= 0.6 is 0 Å². The normalized spacial score (nSPS) is 22.8. The van der Waals surface area contributed by atoms with Gasteiger partial charge in [-0.05, 0) is 5.92 Å². The first-order chi connectivity index (χ1) is 13.2. The Morgan fingerprint density at radius 2 is 1.93 bits per heavy atom. The van der Waals surface area contributed by atoms with Gasteiger partial charge in [-0.1, -0.05) is 19.9 Å². The van der Waals surface area contributed by atoms with E-state index in [0.717, 1.165) is 0 Å². The number of rotatable bonds is 6. The molecule has 0 saturated heterocycles. The largest absolute Gasteiger partial charge is 0.467 e. The molecule has 1 aromatic rings. The van der Waals surface area contributed by atoms with Crippen molar-refractivity contribution in [1.29, 1.82) is 0 Å². The minimum atomic E-state index is -1.31. The van der Waals surface area contributed by atoms with E-state index in [-0.39, 0.29) is 23.6 Å². The molecule has 1 heterocycles. The molecule has 4 unspecified atom stereocenters. The molecule has 1 aliphatic rings. The number of methoxy groups -OCH3 is 1. The fourth-order valence-corrected chi connectivity index (χ4v) is 2.76. The third-order valence-electron chi connectivity index (χ3n) is 4.37. The highest BCUT2D eigenvalue weighted by molar-refractivity contribution is 5.97. The van der Waals surface area contributed by atoms with E-state index >= 15 is 0 Å². The van der Waals surface area contributed by atoms with Crippen LogP contribution in [0.5, 0.6) is 0 Å². The van der Waals surface area contributed by atoms with Crippen molar-refractivity contribution >= 4 is 17.8 Å². The van der Waals surface area contributed by atoms with Crippen LogP contribution in [-0.2, 0) is 14.3 Å². The lowest BCUT2D eigenvalue weighted by molar-refractivity contribution is -0.146. The van der Waals surface area contributed by atoms with Gasteiger partial charge in [0.1, 0.15) is 17.8 Å². The number of aromatic nitrogens is 2. The number of aliphatic hydroxyl groups excluding tert-OH is 2. The Morgan fingerprint density at radius 1 is 1.21 bits per heavy atom. The molecule has 0 fully saturated rings. The van der Waals surface area contributed by atoms with Crippen molar-refractivity contribution in [2.45, 2.75) is 44.6 Å². The average molecular weight is 392 g/mol. The van der Waals surface area contributed by atoms with E-state index in [1.54, 1.807) is 13.8 Å². The number of nitrogens with one attached hydrogen (secondary N) is 2. The minimum Gasteiger partial charge on any atom is -0.467 e. The summed E-state index contributed by atoms with van der Waals surface area (Å²) in [6.45, 7) is 3.50. The molecule has 4 atom stereocenters. The molecule has 4 N–H and O–H groups in total. The van der Waals surface area contributed by atoms with Crippen LogP contribution in [0.2, 0.25) is 0 Å². The number of ether oxygens (including phenoxy) is 1. The monoisotopic (exact) mass is 392 g/mol. The maximum atomic E-state index is 12.6. The van der Waals surface area contributed by atoms with Gasteiger partial charge in [-0.15, -0.1) is 0 Å². The highest BCUT2D eigenvalue weighted by Crippen LogP contribution is 2.21. The molecular formula is C18H24N4O6. The van der Waals surface area contributed by atoms with Crippen LogP contribution in [0.25, 0.3) is 0 Å². The van der Waals surface area contributed by atoms with Crippen molar-refractivity contribution in [2.24, 2.45) is 5.92 Å². The summed E-state index contributed by atoms with van der Waals surface area (Å²) < 4.78 is 4.69. The third-order valence-corrected chi connectivity index (χ3v) is 4.37. The standard InChI is InChI=1S/C18H24N4O6/c1-9(2)14(18(27)28-3)22-16(25)10-6-11(15(24)13(23)7-10)21-17(26)12-8-19-4-5-20-12/h4-6,8-9,11,13-15,23-24H,7H2,1-3H3,(H,21,26)(H,22,25). The van der Waals surface area contributed by atoms with Crippen LogP contribution in [0.15, 0.2) is 30.2 Å². The van der Waals surface area contributed by atoms with Crippen molar-refractivity contribution in [3.63, 3.8) is 0 Å². The van der Waals surface area contributed by atoms with Crippen LogP contribution in [0, 0.1) is 5.92 Å². The van der Waals surface area contributed by atoms with Crippen LogP contribution in [0.1, 0.15) is 30.8 Å². The van der Waals surface area contributed by atoms with Crippen LogP contribution in [0.3, 0.4) is 0 Å². The average Bonchev–Trinajstić information content (AvgIpc) is 2.68. The van der Waals surface area contributed by atoms with E-state index in [4.69, 9.17) is 4.74 Å². The predicted octanol–water partition coefficient (Wildman–Crippen LogP) is -1.06. The van der Waals surface area contributed by atoms with Crippen LogP contribution < -0.4 is 10.6 Å². The lowest BCUT2D eigenvalue weighted by Crippen LogP contribution is -2.52. The summed E-state index contributed by atoms with van der Waals surface area (Å²) in [6, 6.07) is -1.88. The van der Waals surface area contributed by atoms with Gasteiger partial charge < -0.3 is 25.6 Å². The van der Waals surface area contributed by atoms with Gasteiger partial charge in [0, 0.05) is 24.4 Å². The number of carbonyl (C=O) groups is 3. The van der Waals surface area contributed by atoms with Gasteiger partial charge in [0.05, 0.1) is 25.5 Å². The lowest BCUT2D eigenvalue weighted by atomic mass is 9.89. The topological polar surface area (TPSA) is 151 Å². The first-order valence-electron chi connectivity index (χ1n) is 8.77. The fourth-order valence-electron chi connectivity index (χ4n) is 2.76. The Hall–Kier alpha value is -2.85. The van der Waals surface area contributed by atoms with Crippen molar-refractivity contribution in [3.8, 4) is 0 Å². The molecular weight excluding hydrogens is 368 g/mol. The van der Waals surface area contributed by atoms with Gasteiger partial charge in [0.2, 0.25) is 5.91 Å². The van der Waals surface area contributed by atoms with E-state index in [0.29, 0.717) is 0 Å². The molecule has 0 radical (unpaired) electrons. The Kier molecular flexibility index (Phi) is 7.18. The Morgan fingerprint density at radius 3 is 2.50 bits per heavy atom. The van der Waals surface area contributed by atoms with E-state index in [1.807, 2.05) is 0 Å². The maximum Gasteiger partial charge on any atom is 0.328 e. The summed E-state index contributed by atoms with van der Waals surface area (Å²) in [5.74, 6) is -2.01. The zero-order chi connectivity index (χ0) is 20.8. The van der Waals surface area contributed by atoms with E-state index in [9.17, 15) is 24.6 Å². The van der Waals surface area contributed by atoms with Gasteiger partial charge in [0.15, 0.2) is 0 Å². The molecule has 0 bridgehead atoms. The first kappa shape index (κ1) is 21.5. The number of hydrogen-bond donors (Lipinski definition) is 4. The third kappa shape index (κ3) is 5.11. The van der Waals surface area contributed by atoms with Gasteiger partial charge in [0.25, 0.3) is 5.91 Å². The highest BCUT2D eigenvalue weighted by atomic mass is 16.5. The first-order valence-corrected chi connectivity index (χ1v) is 8.77. The van der Waals surface area contributed by atoms with Crippen LogP contribution in [0.4, 0.5) is 0 Å². The van der Waals surface area contributed by atoms with Gasteiger partial charge in [-0.3, -0.25) is 14.6 Å². The number of amides is 2. The molecule has 0 saturated carbocycles. The molecule has 2 rings (SSSR count). The zero-order valence-electron chi connectivity index (χ0n) is 15.8. The second-order valence-electron chi connectivity index (χ2n) is 6.76.